The molecule has 0 aromatic heterocycles. The Morgan fingerprint density at radius 2 is 1.64 bits per heavy atom. The van der Waals surface area contributed by atoms with Crippen molar-refractivity contribution in [1.29, 1.82) is 0 Å². The Balaban J connectivity index is 1.42. The van der Waals surface area contributed by atoms with E-state index in [0.717, 1.165) is 25.7 Å². The third kappa shape index (κ3) is 4.63. The van der Waals surface area contributed by atoms with Gasteiger partial charge in [0.25, 0.3) is 0 Å². The lowest BCUT2D eigenvalue weighted by molar-refractivity contribution is 0.512. The molecule has 4 unspecified atom stereocenters. The highest BCUT2D eigenvalue weighted by molar-refractivity contribution is 5.87. The molecule has 39 heavy (non-hydrogen) atoms. The van der Waals surface area contributed by atoms with E-state index in [2.05, 4.69) is 134 Å². The van der Waals surface area contributed by atoms with Crippen molar-refractivity contribution >= 4 is 11.1 Å². The van der Waals surface area contributed by atoms with E-state index in [4.69, 9.17) is 0 Å². The summed E-state index contributed by atoms with van der Waals surface area (Å²) in [6.07, 6.45) is 43.8. The maximum atomic E-state index is 2.61. The Morgan fingerprint density at radius 1 is 0.769 bits per heavy atom. The van der Waals surface area contributed by atoms with E-state index in [9.17, 15) is 0 Å². The van der Waals surface area contributed by atoms with Crippen molar-refractivity contribution in [2.45, 2.75) is 32.6 Å². The second-order valence-corrected chi connectivity index (χ2v) is 11.6. The van der Waals surface area contributed by atoms with Gasteiger partial charge in [-0.2, -0.15) is 0 Å². The number of hydrogen-bond donors (Lipinski definition) is 0. The van der Waals surface area contributed by atoms with Crippen molar-refractivity contribution in [2.75, 3.05) is 0 Å². The zero-order valence-corrected chi connectivity index (χ0v) is 22.8. The van der Waals surface area contributed by atoms with Crippen LogP contribution in [-0.4, -0.2) is 0 Å². The van der Waals surface area contributed by atoms with Crippen LogP contribution in [0.1, 0.15) is 32.6 Å². The van der Waals surface area contributed by atoms with Gasteiger partial charge in [0.15, 0.2) is 0 Å². The van der Waals surface area contributed by atoms with Gasteiger partial charge in [-0.1, -0.05) is 134 Å². The summed E-state index contributed by atoms with van der Waals surface area (Å²) in [5.74, 6) is 2.02. The highest BCUT2D eigenvalue weighted by Crippen LogP contribution is 2.41. The summed E-state index contributed by atoms with van der Waals surface area (Å²) < 4.78 is 0. The monoisotopic (exact) mass is 504 g/mol. The fourth-order valence-electron chi connectivity index (χ4n) is 7.02. The molecule has 0 amide bonds. The molecule has 192 valence electrons. The third-order valence-electron chi connectivity index (χ3n) is 9.19. The molecule has 1 aromatic rings. The van der Waals surface area contributed by atoms with Gasteiger partial charge >= 0.3 is 0 Å². The fraction of sp³-hybridized carbons (Fsp3) is 0.231. The Labute approximate surface area is 232 Å². The molecule has 4 atom stereocenters. The molecule has 0 bridgehead atoms. The lowest BCUT2D eigenvalue weighted by atomic mass is 9.74. The quantitative estimate of drug-likeness (QED) is 0.389. The lowest BCUT2D eigenvalue weighted by Gasteiger charge is -2.30. The van der Waals surface area contributed by atoms with Crippen LogP contribution in [0.5, 0.6) is 0 Å². The van der Waals surface area contributed by atoms with Crippen LogP contribution in [0.4, 0.5) is 0 Å². The molecule has 0 spiro atoms. The van der Waals surface area contributed by atoms with Crippen LogP contribution >= 0.6 is 0 Å². The molecule has 7 rings (SSSR count). The van der Waals surface area contributed by atoms with E-state index in [1.807, 2.05) is 0 Å². The van der Waals surface area contributed by atoms with Gasteiger partial charge in [0.1, 0.15) is 0 Å². The minimum Gasteiger partial charge on any atom is -0.0839 e. The molecule has 6 aliphatic rings. The van der Waals surface area contributed by atoms with Gasteiger partial charge in [0, 0.05) is 11.8 Å². The molecule has 0 fully saturated rings. The Hall–Kier alpha value is -3.90. The molecule has 0 heteroatoms. The second-order valence-electron chi connectivity index (χ2n) is 11.6. The second kappa shape index (κ2) is 10.3. The summed E-state index contributed by atoms with van der Waals surface area (Å²) in [5.41, 5.74) is 10.1. The first-order chi connectivity index (χ1) is 19.2. The summed E-state index contributed by atoms with van der Waals surface area (Å²) in [6, 6.07) is 9.15. The minimum atomic E-state index is 0.470. The highest BCUT2D eigenvalue weighted by Gasteiger charge is 2.27. The van der Waals surface area contributed by atoms with E-state index in [1.54, 1.807) is 0 Å². The van der Waals surface area contributed by atoms with Crippen LogP contribution in [0, 0.1) is 23.7 Å². The Morgan fingerprint density at radius 3 is 2.54 bits per heavy atom. The van der Waals surface area contributed by atoms with Crippen LogP contribution in [0.3, 0.4) is 0 Å². The first kappa shape index (κ1) is 24.2. The molecule has 0 N–H and O–H groups in total. The van der Waals surface area contributed by atoms with Crippen molar-refractivity contribution in [3.8, 4) is 0 Å². The van der Waals surface area contributed by atoms with Gasteiger partial charge < -0.3 is 0 Å². The van der Waals surface area contributed by atoms with Crippen molar-refractivity contribution in [3.63, 3.8) is 0 Å². The van der Waals surface area contributed by atoms with Gasteiger partial charge in [0.2, 0.25) is 0 Å². The average molecular weight is 505 g/mol. The topological polar surface area (TPSA) is 0 Å². The maximum absolute atomic E-state index is 2.61. The minimum absolute atomic E-state index is 0.470. The lowest BCUT2D eigenvalue weighted by Crippen LogP contribution is -2.34. The standard InChI is InChI=1S/C39H36/c1-27(28-11-3-2-4-12-28)23-35-26-38(33-21-19-29-13-5-7-15-31(29)24-33)36-17-9-10-18-37(36)39(35)34-22-20-30-14-6-8-16-32(30)25-34/h2-11,14-24,27-29,32H,12-13,25-26H2,1H3. The molecule has 0 heterocycles. The summed E-state index contributed by atoms with van der Waals surface area (Å²) >= 11 is 0. The van der Waals surface area contributed by atoms with Gasteiger partial charge in [-0.05, 0) is 87.0 Å². The molecule has 6 aliphatic carbocycles. The zero-order chi connectivity index (χ0) is 26.2. The van der Waals surface area contributed by atoms with E-state index >= 15 is 0 Å². The number of benzene rings is 1. The van der Waals surface area contributed by atoms with Crippen molar-refractivity contribution in [2.24, 2.45) is 23.7 Å². The molecule has 0 nitrogen and oxygen atoms in total. The van der Waals surface area contributed by atoms with Gasteiger partial charge in [-0.15, -0.1) is 0 Å². The largest absolute Gasteiger partial charge is 0.0839 e. The van der Waals surface area contributed by atoms with Crippen LogP contribution < -0.4 is 10.4 Å². The fourth-order valence-corrected chi connectivity index (χ4v) is 7.02. The summed E-state index contributed by atoms with van der Waals surface area (Å²) in [4.78, 5) is 0. The Kier molecular flexibility index (Phi) is 6.41. The highest BCUT2D eigenvalue weighted by atomic mass is 14.3. The summed E-state index contributed by atoms with van der Waals surface area (Å²) in [5, 5.41) is 2.79. The van der Waals surface area contributed by atoms with Gasteiger partial charge in [-0.3, -0.25) is 0 Å². The first-order valence-electron chi connectivity index (χ1n) is 14.6. The van der Waals surface area contributed by atoms with E-state index in [1.165, 1.54) is 49.4 Å². The zero-order valence-electron chi connectivity index (χ0n) is 22.8. The summed E-state index contributed by atoms with van der Waals surface area (Å²) in [7, 11) is 0. The predicted octanol–water partition coefficient (Wildman–Crippen LogP) is 8.08. The van der Waals surface area contributed by atoms with Gasteiger partial charge in [0.05, 0.1) is 0 Å². The van der Waals surface area contributed by atoms with Crippen molar-refractivity contribution in [3.05, 3.63) is 166 Å². The number of allylic oxidation sites excluding steroid dienone is 22. The third-order valence-corrected chi connectivity index (χ3v) is 9.19. The predicted molar refractivity (Wildman–Crippen MR) is 166 cm³/mol. The van der Waals surface area contributed by atoms with E-state index in [-0.39, 0.29) is 0 Å². The molecule has 0 aliphatic heterocycles. The number of rotatable bonds is 4. The smallest absolute Gasteiger partial charge is 0.00617 e. The average Bonchev–Trinajstić information content (AvgIpc) is 3.00. The van der Waals surface area contributed by atoms with Crippen molar-refractivity contribution in [1.82, 2.24) is 0 Å². The molecule has 1 aromatic carbocycles. The van der Waals surface area contributed by atoms with Crippen LogP contribution in [0.15, 0.2) is 155 Å². The number of hydrogen-bond acceptors (Lipinski definition) is 0. The number of fused-ring (bicyclic) bond motifs is 3. The normalized spacial score (nSPS) is 28.3. The molecule has 0 saturated heterocycles. The van der Waals surface area contributed by atoms with Crippen LogP contribution in [-0.2, 0) is 0 Å². The molecule has 0 saturated carbocycles. The maximum Gasteiger partial charge on any atom is 0.00617 e. The molecule has 0 radical (unpaired) electrons. The van der Waals surface area contributed by atoms with Crippen LogP contribution in [0.2, 0.25) is 0 Å². The van der Waals surface area contributed by atoms with Gasteiger partial charge in [-0.25, -0.2) is 0 Å². The molecular formula is C39H36. The first-order valence-corrected chi connectivity index (χ1v) is 14.6. The van der Waals surface area contributed by atoms with Crippen LogP contribution in [0.25, 0.3) is 11.1 Å². The van der Waals surface area contributed by atoms with E-state index in [0.29, 0.717) is 23.7 Å². The van der Waals surface area contributed by atoms with E-state index < -0.39 is 0 Å². The Bertz CT molecular complexity index is 1660. The summed E-state index contributed by atoms with van der Waals surface area (Å²) in [6.45, 7) is 2.41. The van der Waals surface area contributed by atoms with Crippen molar-refractivity contribution < 1.29 is 0 Å². The SMILES string of the molecule is CC(C=C1CC(C2=CC3=CC=CCC3C=C2)=c2ccccc2=C1C1=CC=C2C=CC=CC2C1)C1C=CC=CC1. The molecular weight excluding hydrogens is 468 g/mol.